The monoisotopic (exact) mass is 283 g/mol. The standard InChI is InChI=1S/C17H14FNO2/c18-13-5-7-14(8-6-13)19-17(21)12-9-11-3-1-2-4-15(11)16(20)10-12/h1-8,12H,9-10H2,(H,19,21). The molecule has 1 aliphatic rings. The normalized spacial score (nSPS) is 17.2. The van der Waals surface area contributed by atoms with E-state index in [1.165, 1.54) is 24.3 Å². The molecule has 0 aliphatic heterocycles. The first kappa shape index (κ1) is 13.5. The fourth-order valence-corrected chi connectivity index (χ4v) is 2.60. The topological polar surface area (TPSA) is 46.2 Å². The molecule has 1 amide bonds. The molecule has 3 rings (SSSR count). The van der Waals surface area contributed by atoms with Crippen molar-refractivity contribution in [2.24, 2.45) is 5.92 Å². The zero-order valence-corrected chi connectivity index (χ0v) is 11.3. The van der Waals surface area contributed by atoms with Crippen LogP contribution in [0.1, 0.15) is 22.3 Å². The summed E-state index contributed by atoms with van der Waals surface area (Å²) in [5.74, 6) is -0.937. The fraction of sp³-hybridized carbons (Fsp3) is 0.176. The Labute approximate surface area is 121 Å². The first-order chi connectivity index (χ1) is 10.1. The molecule has 21 heavy (non-hydrogen) atoms. The third-order valence-corrected chi connectivity index (χ3v) is 3.70. The molecule has 4 heteroatoms. The number of carbonyl (C=O) groups excluding carboxylic acids is 2. The Morgan fingerprint density at radius 2 is 1.76 bits per heavy atom. The summed E-state index contributed by atoms with van der Waals surface area (Å²) in [5, 5.41) is 2.73. The average molecular weight is 283 g/mol. The molecule has 1 atom stereocenters. The largest absolute Gasteiger partial charge is 0.326 e. The molecule has 0 spiro atoms. The van der Waals surface area contributed by atoms with Crippen molar-refractivity contribution in [3.8, 4) is 0 Å². The number of halogens is 1. The Hall–Kier alpha value is -2.49. The minimum atomic E-state index is -0.377. The van der Waals surface area contributed by atoms with E-state index in [-0.39, 0.29) is 29.8 Å². The molecule has 0 heterocycles. The van der Waals surface area contributed by atoms with Crippen molar-refractivity contribution in [3.63, 3.8) is 0 Å². The summed E-state index contributed by atoms with van der Waals surface area (Å²) in [4.78, 5) is 24.3. The van der Waals surface area contributed by atoms with Crippen molar-refractivity contribution >= 4 is 17.4 Å². The van der Waals surface area contributed by atoms with Crippen LogP contribution in [-0.4, -0.2) is 11.7 Å². The van der Waals surface area contributed by atoms with E-state index in [0.717, 1.165) is 5.56 Å². The molecule has 1 N–H and O–H groups in total. The number of carbonyl (C=O) groups is 2. The fourth-order valence-electron chi connectivity index (χ4n) is 2.60. The highest BCUT2D eigenvalue weighted by Gasteiger charge is 2.29. The lowest BCUT2D eigenvalue weighted by atomic mass is 9.82. The maximum absolute atomic E-state index is 12.8. The molecule has 1 aliphatic carbocycles. The third kappa shape index (κ3) is 2.84. The van der Waals surface area contributed by atoms with Crippen molar-refractivity contribution in [2.45, 2.75) is 12.8 Å². The van der Waals surface area contributed by atoms with E-state index >= 15 is 0 Å². The zero-order chi connectivity index (χ0) is 14.8. The van der Waals surface area contributed by atoms with Gasteiger partial charge >= 0.3 is 0 Å². The lowest BCUT2D eigenvalue weighted by Crippen LogP contribution is -2.30. The molecule has 1 unspecified atom stereocenters. The predicted molar refractivity (Wildman–Crippen MR) is 77.6 cm³/mol. The number of benzene rings is 2. The van der Waals surface area contributed by atoms with Gasteiger partial charge in [0, 0.05) is 23.6 Å². The van der Waals surface area contributed by atoms with Crippen molar-refractivity contribution < 1.29 is 14.0 Å². The van der Waals surface area contributed by atoms with E-state index in [2.05, 4.69) is 5.32 Å². The third-order valence-electron chi connectivity index (χ3n) is 3.70. The molecule has 2 aromatic carbocycles. The van der Waals surface area contributed by atoms with E-state index in [1.807, 2.05) is 18.2 Å². The van der Waals surface area contributed by atoms with Crippen molar-refractivity contribution in [3.05, 3.63) is 65.5 Å². The second kappa shape index (κ2) is 5.48. The maximum atomic E-state index is 12.8. The minimum Gasteiger partial charge on any atom is -0.326 e. The summed E-state index contributed by atoms with van der Waals surface area (Å²) < 4.78 is 12.8. The lowest BCUT2D eigenvalue weighted by Gasteiger charge is -2.22. The quantitative estimate of drug-likeness (QED) is 0.920. The van der Waals surface area contributed by atoms with E-state index in [4.69, 9.17) is 0 Å². The number of ketones is 1. The van der Waals surface area contributed by atoms with Crippen LogP contribution in [-0.2, 0) is 11.2 Å². The van der Waals surface area contributed by atoms with Gasteiger partial charge in [0.1, 0.15) is 5.82 Å². The van der Waals surface area contributed by atoms with Gasteiger partial charge < -0.3 is 5.32 Å². The van der Waals surface area contributed by atoms with Gasteiger partial charge in [-0.2, -0.15) is 0 Å². The van der Waals surface area contributed by atoms with Crippen molar-refractivity contribution in [2.75, 3.05) is 5.32 Å². The molecule has 0 saturated carbocycles. The molecular formula is C17H14FNO2. The number of rotatable bonds is 2. The highest BCUT2D eigenvalue weighted by Crippen LogP contribution is 2.26. The van der Waals surface area contributed by atoms with Gasteiger partial charge in [-0.25, -0.2) is 4.39 Å². The Morgan fingerprint density at radius 1 is 1.05 bits per heavy atom. The summed E-state index contributed by atoms with van der Waals surface area (Å²) in [7, 11) is 0. The molecule has 0 saturated heterocycles. The number of amides is 1. The Bertz CT molecular complexity index is 694. The molecular weight excluding hydrogens is 269 g/mol. The second-order valence-corrected chi connectivity index (χ2v) is 5.18. The first-order valence-corrected chi connectivity index (χ1v) is 6.81. The summed E-state index contributed by atoms with van der Waals surface area (Å²) in [6, 6.07) is 13.0. The van der Waals surface area contributed by atoms with Crippen LogP contribution in [0.15, 0.2) is 48.5 Å². The number of Topliss-reactive ketones (excluding diaryl/α,β-unsaturated/α-hetero) is 1. The Kier molecular flexibility index (Phi) is 3.52. The predicted octanol–water partition coefficient (Wildman–Crippen LogP) is 3.21. The minimum absolute atomic E-state index is 0.00361. The van der Waals surface area contributed by atoms with Crippen LogP contribution in [0.5, 0.6) is 0 Å². The van der Waals surface area contributed by atoms with Gasteiger partial charge in [0.2, 0.25) is 5.91 Å². The van der Waals surface area contributed by atoms with Gasteiger partial charge in [0.15, 0.2) is 5.78 Å². The summed E-state index contributed by atoms with van der Waals surface area (Å²) in [6.07, 6.45) is 0.763. The van der Waals surface area contributed by atoms with Crippen LogP contribution < -0.4 is 5.32 Å². The molecule has 3 nitrogen and oxygen atoms in total. The molecule has 2 aromatic rings. The number of nitrogens with one attached hydrogen (secondary N) is 1. The van der Waals surface area contributed by atoms with Gasteiger partial charge in [0.25, 0.3) is 0 Å². The van der Waals surface area contributed by atoms with Crippen LogP contribution in [0, 0.1) is 11.7 Å². The van der Waals surface area contributed by atoms with E-state index in [9.17, 15) is 14.0 Å². The lowest BCUT2D eigenvalue weighted by molar-refractivity contribution is -0.119. The summed E-state index contributed by atoms with van der Waals surface area (Å²) >= 11 is 0. The van der Waals surface area contributed by atoms with Crippen LogP contribution in [0.4, 0.5) is 10.1 Å². The number of hydrogen-bond acceptors (Lipinski definition) is 2. The van der Waals surface area contributed by atoms with Crippen LogP contribution in [0.3, 0.4) is 0 Å². The van der Waals surface area contributed by atoms with Gasteiger partial charge in [-0.05, 0) is 36.2 Å². The van der Waals surface area contributed by atoms with Crippen LogP contribution in [0.25, 0.3) is 0 Å². The van der Waals surface area contributed by atoms with Gasteiger partial charge in [-0.1, -0.05) is 24.3 Å². The van der Waals surface area contributed by atoms with Crippen LogP contribution >= 0.6 is 0 Å². The highest BCUT2D eigenvalue weighted by molar-refractivity contribution is 6.03. The molecule has 0 aromatic heterocycles. The van der Waals surface area contributed by atoms with E-state index in [0.29, 0.717) is 17.7 Å². The van der Waals surface area contributed by atoms with Crippen LogP contribution in [0.2, 0.25) is 0 Å². The maximum Gasteiger partial charge on any atom is 0.228 e. The van der Waals surface area contributed by atoms with Gasteiger partial charge in [-0.3, -0.25) is 9.59 Å². The van der Waals surface area contributed by atoms with Crippen molar-refractivity contribution in [1.29, 1.82) is 0 Å². The number of anilines is 1. The van der Waals surface area contributed by atoms with Crippen molar-refractivity contribution in [1.82, 2.24) is 0 Å². The molecule has 0 radical (unpaired) electrons. The number of hydrogen-bond donors (Lipinski definition) is 1. The summed E-state index contributed by atoms with van der Waals surface area (Å²) in [6.45, 7) is 0. The average Bonchev–Trinajstić information content (AvgIpc) is 2.49. The van der Waals surface area contributed by atoms with Gasteiger partial charge in [0.05, 0.1) is 0 Å². The molecule has 0 fully saturated rings. The van der Waals surface area contributed by atoms with Gasteiger partial charge in [-0.15, -0.1) is 0 Å². The zero-order valence-electron chi connectivity index (χ0n) is 11.3. The van der Waals surface area contributed by atoms with E-state index in [1.54, 1.807) is 6.07 Å². The first-order valence-electron chi connectivity index (χ1n) is 6.81. The smallest absolute Gasteiger partial charge is 0.228 e. The van der Waals surface area contributed by atoms with E-state index < -0.39 is 0 Å². The highest BCUT2D eigenvalue weighted by atomic mass is 19.1. The Morgan fingerprint density at radius 3 is 2.52 bits per heavy atom. The molecule has 106 valence electrons. The second-order valence-electron chi connectivity index (χ2n) is 5.18. The molecule has 0 bridgehead atoms. The summed E-state index contributed by atoms with van der Waals surface area (Å²) in [5.41, 5.74) is 2.16. The SMILES string of the molecule is O=C1CC(C(=O)Nc2ccc(F)cc2)Cc2ccccc21. The Balaban J connectivity index is 1.75. The number of fused-ring (bicyclic) bond motifs is 1.